The van der Waals surface area contributed by atoms with Gasteiger partial charge in [-0.15, -0.1) is 0 Å². The third-order valence-corrected chi connectivity index (χ3v) is 3.29. The summed E-state index contributed by atoms with van der Waals surface area (Å²) < 4.78 is 3.08. The Morgan fingerprint density at radius 1 is 1.41 bits per heavy atom. The third-order valence-electron chi connectivity index (χ3n) is 2.83. The molecule has 1 amide bonds. The summed E-state index contributed by atoms with van der Waals surface area (Å²) in [6.45, 7) is 4.25. The number of halogens is 1. The molecule has 1 aromatic heterocycles. The molecule has 17 heavy (non-hydrogen) atoms. The summed E-state index contributed by atoms with van der Waals surface area (Å²) in [5, 5.41) is 3.66. The van der Waals surface area contributed by atoms with E-state index in [-0.39, 0.29) is 5.91 Å². The summed E-state index contributed by atoms with van der Waals surface area (Å²) in [5.74, 6) is -0.0576. The predicted octanol–water partition coefficient (Wildman–Crippen LogP) is 3.34. The Bertz CT molecular complexity index is 572. The fraction of sp³-hybridized carbons (Fsp3) is 0.308. The molecule has 0 fully saturated rings. The number of carbonyl (C=O) groups is 1. The molecule has 1 N–H and O–H groups in total. The molecule has 0 bridgehead atoms. The maximum atomic E-state index is 11.8. The SMILES string of the molecule is CNC(=O)c1cc(Br)cc2c1ccn2C(C)C. The number of fused-ring (bicyclic) bond motifs is 1. The molecule has 0 aliphatic rings. The monoisotopic (exact) mass is 294 g/mol. The van der Waals surface area contributed by atoms with E-state index < -0.39 is 0 Å². The second kappa shape index (κ2) is 4.53. The Labute approximate surface area is 109 Å². The Morgan fingerprint density at radius 2 is 2.12 bits per heavy atom. The minimum Gasteiger partial charge on any atom is -0.355 e. The second-order valence-corrected chi connectivity index (χ2v) is 5.20. The molecule has 0 aliphatic carbocycles. The van der Waals surface area contributed by atoms with Crippen molar-refractivity contribution < 1.29 is 4.79 Å². The lowest BCUT2D eigenvalue weighted by Crippen LogP contribution is -2.18. The molecule has 0 radical (unpaired) electrons. The quantitative estimate of drug-likeness (QED) is 0.906. The van der Waals surface area contributed by atoms with Crippen LogP contribution < -0.4 is 5.32 Å². The lowest BCUT2D eigenvalue weighted by Gasteiger charge is -2.10. The van der Waals surface area contributed by atoms with Crippen molar-refractivity contribution in [3.8, 4) is 0 Å². The molecular weight excluding hydrogens is 280 g/mol. The first-order chi connectivity index (χ1) is 8.04. The van der Waals surface area contributed by atoms with Gasteiger partial charge in [0.25, 0.3) is 5.91 Å². The standard InChI is InChI=1S/C13H15BrN2O/c1-8(2)16-5-4-10-11(13(17)15-3)6-9(14)7-12(10)16/h4-8H,1-3H3,(H,15,17). The van der Waals surface area contributed by atoms with E-state index in [0.29, 0.717) is 11.6 Å². The summed E-state index contributed by atoms with van der Waals surface area (Å²) in [6, 6.07) is 6.26. The fourth-order valence-electron chi connectivity index (χ4n) is 2.00. The largest absolute Gasteiger partial charge is 0.355 e. The number of hydrogen-bond acceptors (Lipinski definition) is 1. The highest BCUT2D eigenvalue weighted by Gasteiger charge is 2.13. The van der Waals surface area contributed by atoms with E-state index in [1.165, 1.54) is 0 Å². The molecule has 2 aromatic rings. The average molecular weight is 295 g/mol. The molecule has 0 unspecified atom stereocenters. The van der Waals surface area contributed by atoms with Gasteiger partial charge in [-0.3, -0.25) is 4.79 Å². The zero-order chi connectivity index (χ0) is 12.6. The number of benzene rings is 1. The average Bonchev–Trinajstić information content (AvgIpc) is 2.70. The Balaban J connectivity index is 2.74. The van der Waals surface area contributed by atoms with E-state index in [9.17, 15) is 4.79 Å². The summed E-state index contributed by atoms with van der Waals surface area (Å²) in [5.41, 5.74) is 1.78. The van der Waals surface area contributed by atoms with Crippen LogP contribution in [0.4, 0.5) is 0 Å². The van der Waals surface area contributed by atoms with Crippen LogP contribution >= 0.6 is 15.9 Å². The van der Waals surface area contributed by atoms with Gasteiger partial charge < -0.3 is 9.88 Å². The minimum atomic E-state index is -0.0576. The van der Waals surface area contributed by atoms with Gasteiger partial charge in [0.05, 0.1) is 5.52 Å². The van der Waals surface area contributed by atoms with E-state index in [4.69, 9.17) is 0 Å². The van der Waals surface area contributed by atoms with E-state index in [1.807, 2.05) is 24.4 Å². The Morgan fingerprint density at radius 3 is 2.71 bits per heavy atom. The summed E-state index contributed by atoms with van der Waals surface area (Å²) in [4.78, 5) is 11.8. The van der Waals surface area contributed by atoms with Crippen LogP contribution in [0, 0.1) is 0 Å². The zero-order valence-corrected chi connectivity index (χ0v) is 11.7. The summed E-state index contributed by atoms with van der Waals surface area (Å²) >= 11 is 3.46. The minimum absolute atomic E-state index is 0.0576. The topological polar surface area (TPSA) is 34.0 Å². The molecule has 0 atom stereocenters. The number of amides is 1. The number of aromatic nitrogens is 1. The highest BCUT2D eigenvalue weighted by Crippen LogP contribution is 2.27. The molecule has 3 nitrogen and oxygen atoms in total. The molecular formula is C13H15BrN2O. The van der Waals surface area contributed by atoms with Gasteiger partial charge in [-0.2, -0.15) is 0 Å². The van der Waals surface area contributed by atoms with E-state index in [2.05, 4.69) is 39.7 Å². The number of carbonyl (C=O) groups excluding carboxylic acids is 1. The maximum absolute atomic E-state index is 11.8. The van der Waals surface area contributed by atoms with Crippen LogP contribution in [0.1, 0.15) is 30.2 Å². The van der Waals surface area contributed by atoms with Crippen LogP contribution in [0.15, 0.2) is 28.9 Å². The molecule has 1 heterocycles. The van der Waals surface area contributed by atoms with E-state index >= 15 is 0 Å². The first-order valence-corrected chi connectivity index (χ1v) is 6.36. The van der Waals surface area contributed by atoms with Crippen molar-refractivity contribution in [1.82, 2.24) is 9.88 Å². The van der Waals surface area contributed by atoms with Gasteiger partial charge in [-0.1, -0.05) is 15.9 Å². The van der Waals surface area contributed by atoms with Gasteiger partial charge in [0.1, 0.15) is 0 Å². The van der Waals surface area contributed by atoms with Gasteiger partial charge in [0, 0.05) is 34.7 Å². The number of rotatable bonds is 2. The van der Waals surface area contributed by atoms with E-state index in [1.54, 1.807) is 7.05 Å². The van der Waals surface area contributed by atoms with Crippen molar-refractivity contribution in [3.63, 3.8) is 0 Å². The number of hydrogen-bond donors (Lipinski definition) is 1. The van der Waals surface area contributed by atoms with Crippen molar-refractivity contribution in [2.75, 3.05) is 7.05 Å². The molecule has 1 aromatic carbocycles. The molecule has 2 rings (SSSR count). The summed E-state index contributed by atoms with van der Waals surface area (Å²) in [6.07, 6.45) is 2.02. The zero-order valence-electron chi connectivity index (χ0n) is 10.1. The first-order valence-electron chi connectivity index (χ1n) is 5.56. The Hall–Kier alpha value is -1.29. The van der Waals surface area contributed by atoms with Crippen molar-refractivity contribution in [1.29, 1.82) is 0 Å². The van der Waals surface area contributed by atoms with Crippen LogP contribution in [0.5, 0.6) is 0 Å². The van der Waals surface area contributed by atoms with Crippen molar-refractivity contribution in [3.05, 3.63) is 34.4 Å². The molecule has 0 saturated carbocycles. The van der Waals surface area contributed by atoms with Crippen LogP contribution in [-0.4, -0.2) is 17.5 Å². The molecule has 4 heteroatoms. The predicted molar refractivity (Wildman–Crippen MR) is 73.4 cm³/mol. The lowest BCUT2D eigenvalue weighted by atomic mass is 10.1. The lowest BCUT2D eigenvalue weighted by molar-refractivity contribution is 0.0964. The third kappa shape index (κ3) is 2.09. The molecule has 0 spiro atoms. The first kappa shape index (κ1) is 12.2. The van der Waals surface area contributed by atoms with Crippen LogP contribution in [0.3, 0.4) is 0 Å². The number of nitrogens with one attached hydrogen (secondary N) is 1. The van der Waals surface area contributed by atoms with Crippen LogP contribution in [0.2, 0.25) is 0 Å². The smallest absolute Gasteiger partial charge is 0.251 e. The highest BCUT2D eigenvalue weighted by molar-refractivity contribution is 9.10. The van der Waals surface area contributed by atoms with Gasteiger partial charge in [0.2, 0.25) is 0 Å². The second-order valence-electron chi connectivity index (χ2n) is 4.28. The highest BCUT2D eigenvalue weighted by atomic mass is 79.9. The van der Waals surface area contributed by atoms with Crippen molar-refractivity contribution >= 4 is 32.7 Å². The molecule has 0 aliphatic heterocycles. The van der Waals surface area contributed by atoms with Gasteiger partial charge in [-0.25, -0.2) is 0 Å². The van der Waals surface area contributed by atoms with Gasteiger partial charge in [-0.05, 0) is 32.0 Å². The maximum Gasteiger partial charge on any atom is 0.251 e. The Kier molecular flexibility index (Phi) is 3.24. The summed E-state index contributed by atoms with van der Waals surface area (Å²) in [7, 11) is 1.65. The number of nitrogens with zero attached hydrogens (tertiary/aromatic N) is 1. The van der Waals surface area contributed by atoms with E-state index in [0.717, 1.165) is 15.4 Å². The van der Waals surface area contributed by atoms with Crippen molar-refractivity contribution in [2.24, 2.45) is 0 Å². The van der Waals surface area contributed by atoms with Gasteiger partial charge >= 0.3 is 0 Å². The molecule has 0 saturated heterocycles. The van der Waals surface area contributed by atoms with Crippen LogP contribution in [-0.2, 0) is 0 Å². The van der Waals surface area contributed by atoms with Crippen molar-refractivity contribution in [2.45, 2.75) is 19.9 Å². The fourth-order valence-corrected chi connectivity index (χ4v) is 2.45. The van der Waals surface area contributed by atoms with Crippen LogP contribution in [0.25, 0.3) is 10.9 Å². The normalized spacial score (nSPS) is 11.1. The van der Waals surface area contributed by atoms with Gasteiger partial charge in [0.15, 0.2) is 0 Å². The molecule has 90 valence electrons.